The summed E-state index contributed by atoms with van der Waals surface area (Å²) in [5.74, 6) is -0.175. The number of amides is 3. The zero-order valence-electron chi connectivity index (χ0n) is 47.6. The van der Waals surface area contributed by atoms with Crippen LogP contribution < -0.4 is 24.8 Å². The van der Waals surface area contributed by atoms with Crippen LogP contribution in [0.15, 0.2) is 82.8 Å². The van der Waals surface area contributed by atoms with Crippen LogP contribution in [0.25, 0.3) is 10.4 Å². The van der Waals surface area contributed by atoms with Crippen LogP contribution in [0.5, 0.6) is 17.4 Å². The number of halogens is 2. The van der Waals surface area contributed by atoms with Gasteiger partial charge in [0.2, 0.25) is 5.91 Å². The van der Waals surface area contributed by atoms with Crippen LogP contribution in [0, 0.1) is 35.0 Å². The number of alkyl halides is 1. The van der Waals surface area contributed by atoms with Crippen molar-refractivity contribution in [3.05, 3.63) is 111 Å². The van der Waals surface area contributed by atoms with E-state index < -0.39 is 28.8 Å². The van der Waals surface area contributed by atoms with Gasteiger partial charge in [-0.25, -0.2) is 4.98 Å². The SMILES string of the molecule is Cc1ncsc1-c1ccc(C(C)NC(=O)C2(O)CN(C(=O)C(c3cc(OCCN4CCN(C5CCCCC5OCCOc5ccc(C(=O)NC6C(C)(C)C(Oc7ccc(C#N)c(Cl)c7)C6(C)C)cc5)CC4)no3)C(C)C)CC2Cl)cc1. The lowest BCUT2D eigenvalue weighted by molar-refractivity contribution is -0.164. The van der Waals surface area contributed by atoms with Crippen molar-refractivity contribution in [1.82, 2.24) is 35.5 Å². The van der Waals surface area contributed by atoms with Gasteiger partial charge >= 0.3 is 0 Å². The molecule has 20 heteroatoms. The van der Waals surface area contributed by atoms with E-state index in [9.17, 15) is 24.8 Å². The molecule has 434 valence electrons. The molecule has 0 bridgehead atoms. The topological polar surface area (TPSA) is 205 Å². The standard InChI is InChI=1S/C61H76Cl2N8O9S/c1-37(2)52(55(73)71-34-50(63)61(75,35-71)58(74)66-38(3)40-13-15-41(16-14-40)53-39(4)65-36-81-53)49-32-51(68-80-49)78-28-27-69-23-25-70(26-24-69)47-11-9-10-12-48(47)77-30-29-76-44-20-17-42(18-21-44)54(72)67-56-59(5,6)57(60(56,7)8)79-45-22-19-43(33-64)46(62)31-45/h13-22,31-32,36-38,47-48,50,52,56-57,75H,9-12,23-30,34-35H2,1-8H3,(H,66,74)(H,67,72). The van der Waals surface area contributed by atoms with E-state index in [-0.39, 0.29) is 65.8 Å². The Hall–Kier alpha value is -5.78. The Kier molecular flexibility index (Phi) is 18.7. The molecule has 3 amide bonds. The average Bonchev–Trinajstić information content (AvgIpc) is 3.75. The molecular weight excluding hydrogens is 1090 g/mol. The predicted molar refractivity (Wildman–Crippen MR) is 311 cm³/mol. The summed E-state index contributed by atoms with van der Waals surface area (Å²) in [5.41, 5.74) is 2.84. The van der Waals surface area contributed by atoms with Gasteiger partial charge < -0.3 is 44.1 Å². The minimum absolute atomic E-state index is 0.0136. The van der Waals surface area contributed by atoms with Crippen molar-refractivity contribution < 1.29 is 43.0 Å². The second-order valence-corrected chi connectivity index (χ2v) is 25.4. The van der Waals surface area contributed by atoms with E-state index in [1.807, 2.05) is 69.6 Å². The number of nitrogens with one attached hydrogen (secondary N) is 2. The molecule has 3 aromatic carbocycles. The number of β-amino-alcohol motifs (C(OH)–C–C–N with tert-alkyl or cyclic N) is 1. The number of likely N-dealkylation sites (tertiary alicyclic amines) is 1. The maximum atomic E-state index is 14.1. The van der Waals surface area contributed by atoms with E-state index in [0.29, 0.717) is 65.8 Å². The predicted octanol–water partition coefficient (Wildman–Crippen LogP) is 9.44. The largest absolute Gasteiger partial charge is 0.491 e. The van der Waals surface area contributed by atoms with E-state index in [1.54, 1.807) is 47.7 Å². The van der Waals surface area contributed by atoms with Crippen LogP contribution in [-0.2, 0) is 14.3 Å². The minimum atomic E-state index is -2.00. The Bertz CT molecular complexity index is 3010. The Labute approximate surface area is 489 Å². The summed E-state index contributed by atoms with van der Waals surface area (Å²) in [6.07, 6.45) is 4.32. The van der Waals surface area contributed by atoms with E-state index in [1.165, 1.54) is 11.3 Å². The summed E-state index contributed by atoms with van der Waals surface area (Å²) in [5, 5.41) is 30.6. The first-order valence-corrected chi connectivity index (χ1v) is 29.9. The van der Waals surface area contributed by atoms with Crippen LogP contribution in [-0.4, -0.2) is 149 Å². The second kappa shape index (κ2) is 25.4. The molecule has 4 aliphatic rings. The number of ether oxygens (including phenoxy) is 4. The number of benzene rings is 3. The van der Waals surface area contributed by atoms with Gasteiger partial charge in [0, 0.05) is 79.9 Å². The van der Waals surface area contributed by atoms with Crippen LogP contribution >= 0.6 is 34.5 Å². The average molecular weight is 1170 g/mol. The molecule has 5 aromatic rings. The zero-order chi connectivity index (χ0) is 57.8. The van der Waals surface area contributed by atoms with Gasteiger partial charge in [0.1, 0.15) is 42.8 Å². The molecule has 2 aliphatic carbocycles. The first-order valence-electron chi connectivity index (χ1n) is 28.2. The number of carbonyl (C=O) groups is 3. The van der Waals surface area contributed by atoms with Crippen molar-refractivity contribution >= 4 is 52.3 Å². The van der Waals surface area contributed by atoms with Gasteiger partial charge in [-0.1, -0.05) is 90.3 Å². The molecule has 17 nitrogen and oxygen atoms in total. The lowest BCUT2D eigenvalue weighted by atomic mass is 9.49. The van der Waals surface area contributed by atoms with Gasteiger partial charge in [0.25, 0.3) is 17.7 Å². The summed E-state index contributed by atoms with van der Waals surface area (Å²) in [6.45, 7) is 21.2. The highest BCUT2D eigenvalue weighted by Crippen LogP contribution is 2.56. The highest BCUT2D eigenvalue weighted by atomic mass is 35.5. The number of carbonyl (C=O) groups excluding carboxylic acids is 3. The summed E-state index contributed by atoms with van der Waals surface area (Å²) in [4.78, 5) is 53.1. The minimum Gasteiger partial charge on any atom is -0.491 e. The summed E-state index contributed by atoms with van der Waals surface area (Å²) in [6, 6.07) is 23.6. The molecule has 2 aliphatic heterocycles. The quantitative estimate of drug-likeness (QED) is 0.0463. The lowest BCUT2D eigenvalue weighted by Gasteiger charge is -2.63. The Balaban J connectivity index is 0.677. The first-order chi connectivity index (χ1) is 38.7. The fourth-order valence-electron chi connectivity index (χ4n) is 12.7. The van der Waals surface area contributed by atoms with Gasteiger partial charge in [0.05, 0.1) is 57.3 Å². The Morgan fingerprint density at radius 2 is 1.62 bits per heavy atom. The molecular formula is C61H76Cl2N8O9S. The van der Waals surface area contributed by atoms with Gasteiger partial charge in [-0.3, -0.25) is 24.2 Å². The number of nitrogens with zero attached hydrogens (tertiary/aromatic N) is 6. The summed E-state index contributed by atoms with van der Waals surface area (Å²) < 4.78 is 30.8. The highest BCUT2D eigenvalue weighted by molar-refractivity contribution is 7.13. The van der Waals surface area contributed by atoms with Crippen molar-refractivity contribution in [1.29, 1.82) is 5.26 Å². The molecule has 6 atom stereocenters. The molecule has 0 spiro atoms. The fraction of sp³-hybridized carbons (Fsp3) is 0.541. The molecule has 2 aromatic heterocycles. The molecule has 81 heavy (non-hydrogen) atoms. The lowest BCUT2D eigenvalue weighted by Crippen LogP contribution is -2.74. The van der Waals surface area contributed by atoms with Crippen molar-refractivity contribution in [2.45, 2.75) is 128 Å². The molecule has 4 heterocycles. The number of aromatic nitrogens is 2. The fourth-order valence-corrected chi connectivity index (χ4v) is 14.0. The van der Waals surface area contributed by atoms with E-state index >= 15 is 0 Å². The normalized spacial score (nSPS) is 24.4. The third kappa shape index (κ3) is 13.2. The first kappa shape index (κ1) is 59.8. The van der Waals surface area contributed by atoms with Gasteiger partial charge in [-0.2, -0.15) is 5.26 Å². The van der Waals surface area contributed by atoms with Crippen molar-refractivity contribution in [3.63, 3.8) is 0 Å². The number of aryl methyl sites for hydroxylation is 1. The number of hydrogen-bond donors (Lipinski definition) is 3. The molecule has 2 saturated heterocycles. The van der Waals surface area contributed by atoms with Crippen LogP contribution in [0.2, 0.25) is 5.02 Å². The number of nitriles is 1. The number of rotatable bonds is 21. The summed E-state index contributed by atoms with van der Waals surface area (Å²) in [7, 11) is 0. The van der Waals surface area contributed by atoms with Crippen molar-refractivity contribution in [2.24, 2.45) is 16.7 Å². The van der Waals surface area contributed by atoms with Gasteiger partial charge in [0.15, 0.2) is 11.4 Å². The van der Waals surface area contributed by atoms with Crippen LogP contribution in [0.4, 0.5) is 0 Å². The van der Waals surface area contributed by atoms with Crippen LogP contribution in [0.1, 0.15) is 119 Å². The maximum Gasteiger partial charge on any atom is 0.255 e. The Morgan fingerprint density at radius 3 is 2.28 bits per heavy atom. The molecule has 9 rings (SSSR count). The number of piperazine rings is 1. The monoisotopic (exact) mass is 1170 g/mol. The third-order valence-electron chi connectivity index (χ3n) is 17.0. The zero-order valence-corrected chi connectivity index (χ0v) is 49.9. The van der Waals surface area contributed by atoms with E-state index in [2.05, 4.69) is 64.3 Å². The van der Waals surface area contributed by atoms with Gasteiger partial charge in [-0.05, 0) is 85.3 Å². The summed E-state index contributed by atoms with van der Waals surface area (Å²) >= 11 is 14.5. The molecule has 0 radical (unpaired) electrons. The number of thiazole rings is 1. The highest BCUT2D eigenvalue weighted by Gasteiger charge is 2.64. The molecule has 4 fully saturated rings. The number of aliphatic hydroxyl groups is 1. The van der Waals surface area contributed by atoms with E-state index in [4.69, 9.17) is 46.7 Å². The molecule has 3 N–H and O–H groups in total. The molecule has 2 saturated carbocycles. The Morgan fingerprint density at radius 1 is 0.914 bits per heavy atom. The van der Waals surface area contributed by atoms with Gasteiger partial charge in [-0.15, -0.1) is 22.9 Å². The smallest absolute Gasteiger partial charge is 0.255 e. The maximum absolute atomic E-state index is 14.1. The van der Waals surface area contributed by atoms with Crippen molar-refractivity contribution in [2.75, 3.05) is 65.6 Å². The molecule has 6 unspecified atom stereocenters. The van der Waals surface area contributed by atoms with Crippen LogP contribution in [0.3, 0.4) is 0 Å². The second-order valence-electron chi connectivity index (χ2n) is 23.6. The van der Waals surface area contributed by atoms with E-state index in [0.717, 1.165) is 67.1 Å². The number of hydrogen-bond acceptors (Lipinski definition) is 15. The third-order valence-corrected chi connectivity index (χ3v) is 18.8. The van der Waals surface area contributed by atoms with Crippen molar-refractivity contribution in [3.8, 4) is 33.9 Å².